The SMILES string of the molecule is CC1(C)CCCCC1N1C[C@H]2CNC[C@H]2C1. The fraction of sp³-hybridized carbons (Fsp3) is 1.00. The van der Waals surface area contributed by atoms with E-state index >= 15 is 0 Å². The molecule has 1 unspecified atom stereocenters. The van der Waals surface area contributed by atoms with Crippen molar-refractivity contribution in [1.29, 1.82) is 0 Å². The Balaban J connectivity index is 1.69. The zero-order valence-corrected chi connectivity index (χ0v) is 10.8. The van der Waals surface area contributed by atoms with Crippen molar-refractivity contribution in [2.45, 2.75) is 45.6 Å². The fourth-order valence-electron chi connectivity index (χ4n) is 4.30. The Kier molecular flexibility index (Phi) is 2.75. The Morgan fingerprint density at radius 2 is 1.75 bits per heavy atom. The molecule has 2 saturated heterocycles. The van der Waals surface area contributed by atoms with Gasteiger partial charge in [0.1, 0.15) is 0 Å². The molecule has 0 aromatic rings. The van der Waals surface area contributed by atoms with Gasteiger partial charge in [0.15, 0.2) is 0 Å². The highest BCUT2D eigenvalue weighted by atomic mass is 15.2. The number of fused-ring (bicyclic) bond motifs is 1. The van der Waals surface area contributed by atoms with E-state index in [1.165, 1.54) is 51.9 Å². The molecule has 3 aliphatic rings. The van der Waals surface area contributed by atoms with Crippen LogP contribution >= 0.6 is 0 Å². The largest absolute Gasteiger partial charge is 0.316 e. The summed E-state index contributed by atoms with van der Waals surface area (Å²) in [5.41, 5.74) is 0.560. The topological polar surface area (TPSA) is 15.3 Å². The number of hydrogen-bond donors (Lipinski definition) is 1. The second kappa shape index (κ2) is 3.99. The predicted octanol–water partition coefficient (Wildman–Crippen LogP) is 2.11. The van der Waals surface area contributed by atoms with Crippen molar-refractivity contribution >= 4 is 0 Å². The van der Waals surface area contributed by atoms with E-state index in [1.807, 2.05) is 0 Å². The molecule has 92 valence electrons. The van der Waals surface area contributed by atoms with Crippen LogP contribution in [0, 0.1) is 17.3 Å². The van der Waals surface area contributed by atoms with Crippen LogP contribution in [-0.2, 0) is 0 Å². The maximum atomic E-state index is 3.54. The molecule has 1 aliphatic carbocycles. The van der Waals surface area contributed by atoms with Crippen molar-refractivity contribution in [2.24, 2.45) is 17.3 Å². The normalized spacial score (nSPS) is 43.5. The average molecular weight is 222 g/mol. The van der Waals surface area contributed by atoms with Gasteiger partial charge in [-0.3, -0.25) is 4.90 Å². The molecule has 1 saturated carbocycles. The summed E-state index contributed by atoms with van der Waals surface area (Å²) >= 11 is 0. The van der Waals surface area contributed by atoms with Crippen molar-refractivity contribution in [2.75, 3.05) is 26.2 Å². The number of nitrogens with zero attached hydrogens (tertiary/aromatic N) is 1. The third-order valence-electron chi connectivity index (χ3n) is 5.31. The molecule has 0 bridgehead atoms. The van der Waals surface area contributed by atoms with E-state index in [0.29, 0.717) is 5.41 Å². The van der Waals surface area contributed by atoms with E-state index in [2.05, 4.69) is 24.1 Å². The molecular weight excluding hydrogens is 196 g/mol. The summed E-state index contributed by atoms with van der Waals surface area (Å²) in [5.74, 6) is 1.91. The van der Waals surface area contributed by atoms with Gasteiger partial charge in [0.25, 0.3) is 0 Å². The van der Waals surface area contributed by atoms with E-state index < -0.39 is 0 Å². The number of likely N-dealkylation sites (tertiary alicyclic amines) is 1. The lowest BCUT2D eigenvalue weighted by Gasteiger charge is -2.44. The number of rotatable bonds is 1. The van der Waals surface area contributed by atoms with Crippen LogP contribution in [0.4, 0.5) is 0 Å². The van der Waals surface area contributed by atoms with Crippen molar-refractivity contribution in [1.82, 2.24) is 10.2 Å². The van der Waals surface area contributed by atoms with Crippen LogP contribution in [0.3, 0.4) is 0 Å². The first-order chi connectivity index (χ1) is 7.67. The van der Waals surface area contributed by atoms with Gasteiger partial charge in [-0.05, 0) is 43.2 Å². The minimum atomic E-state index is 0.560. The van der Waals surface area contributed by atoms with E-state index in [0.717, 1.165) is 17.9 Å². The van der Waals surface area contributed by atoms with Crippen LogP contribution in [0.1, 0.15) is 39.5 Å². The second-order valence-electron chi connectivity index (χ2n) is 6.88. The summed E-state index contributed by atoms with van der Waals surface area (Å²) in [6, 6.07) is 0.867. The second-order valence-corrected chi connectivity index (χ2v) is 6.88. The Labute approximate surface area is 99.8 Å². The predicted molar refractivity (Wildman–Crippen MR) is 67.5 cm³/mol. The van der Waals surface area contributed by atoms with Gasteiger partial charge >= 0.3 is 0 Å². The highest BCUT2D eigenvalue weighted by molar-refractivity contribution is 4.98. The Bertz CT molecular complexity index is 249. The van der Waals surface area contributed by atoms with Gasteiger partial charge in [-0.15, -0.1) is 0 Å². The van der Waals surface area contributed by atoms with Crippen molar-refractivity contribution in [3.63, 3.8) is 0 Å². The third-order valence-corrected chi connectivity index (χ3v) is 5.31. The maximum Gasteiger partial charge on any atom is 0.0147 e. The van der Waals surface area contributed by atoms with Gasteiger partial charge in [-0.2, -0.15) is 0 Å². The number of nitrogens with one attached hydrogen (secondary N) is 1. The molecule has 2 heteroatoms. The molecule has 3 rings (SSSR count). The van der Waals surface area contributed by atoms with Crippen molar-refractivity contribution in [3.8, 4) is 0 Å². The van der Waals surface area contributed by atoms with Crippen LogP contribution in [0.2, 0.25) is 0 Å². The van der Waals surface area contributed by atoms with Gasteiger partial charge in [0.2, 0.25) is 0 Å². The summed E-state index contributed by atoms with van der Waals surface area (Å²) in [6.07, 6.45) is 5.78. The minimum Gasteiger partial charge on any atom is -0.316 e. The first-order valence-electron chi connectivity index (χ1n) is 7.11. The molecule has 0 spiro atoms. The molecule has 1 N–H and O–H groups in total. The van der Waals surface area contributed by atoms with E-state index in [4.69, 9.17) is 0 Å². The molecule has 3 atom stereocenters. The van der Waals surface area contributed by atoms with Crippen LogP contribution in [0.15, 0.2) is 0 Å². The van der Waals surface area contributed by atoms with Crippen molar-refractivity contribution in [3.05, 3.63) is 0 Å². The Hall–Kier alpha value is -0.0800. The van der Waals surface area contributed by atoms with Gasteiger partial charge in [-0.1, -0.05) is 26.7 Å². The van der Waals surface area contributed by atoms with E-state index in [9.17, 15) is 0 Å². The van der Waals surface area contributed by atoms with Gasteiger partial charge in [0, 0.05) is 19.1 Å². The standard InChI is InChI=1S/C14H26N2/c1-14(2)6-4-3-5-13(14)16-9-11-7-15-8-12(11)10-16/h11-13,15H,3-10H2,1-2H3/t11-,12+,13?. The number of hydrogen-bond acceptors (Lipinski definition) is 2. The summed E-state index contributed by atoms with van der Waals surface area (Å²) in [5, 5.41) is 3.54. The Morgan fingerprint density at radius 3 is 2.38 bits per heavy atom. The minimum absolute atomic E-state index is 0.560. The molecule has 3 fully saturated rings. The van der Waals surface area contributed by atoms with Crippen LogP contribution in [0.5, 0.6) is 0 Å². The molecule has 0 radical (unpaired) electrons. The zero-order valence-electron chi connectivity index (χ0n) is 10.8. The smallest absolute Gasteiger partial charge is 0.0147 e. The molecule has 0 amide bonds. The fourth-order valence-corrected chi connectivity index (χ4v) is 4.30. The highest BCUT2D eigenvalue weighted by Gasteiger charge is 2.43. The third kappa shape index (κ3) is 1.80. The summed E-state index contributed by atoms with van der Waals surface area (Å²) < 4.78 is 0. The molecule has 2 aliphatic heterocycles. The molecule has 2 heterocycles. The monoisotopic (exact) mass is 222 g/mol. The summed E-state index contributed by atoms with van der Waals surface area (Å²) in [7, 11) is 0. The molecule has 0 aromatic heterocycles. The molecule has 2 nitrogen and oxygen atoms in total. The van der Waals surface area contributed by atoms with Gasteiger partial charge in [-0.25, -0.2) is 0 Å². The lowest BCUT2D eigenvalue weighted by atomic mass is 9.72. The summed E-state index contributed by atoms with van der Waals surface area (Å²) in [6.45, 7) is 10.3. The van der Waals surface area contributed by atoms with E-state index in [1.54, 1.807) is 0 Å². The van der Waals surface area contributed by atoms with Crippen LogP contribution in [-0.4, -0.2) is 37.1 Å². The summed E-state index contributed by atoms with van der Waals surface area (Å²) in [4.78, 5) is 2.83. The Morgan fingerprint density at radius 1 is 1.06 bits per heavy atom. The van der Waals surface area contributed by atoms with Gasteiger partial charge in [0.05, 0.1) is 0 Å². The van der Waals surface area contributed by atoms with Gasteiger partial charge < -0.3 is 5.32 Å². The lowest BCUT2D eigenvalue weighted by molar-refractivity contribution is 0.0611. The highest BCUT2D eigenvalue weighted by Crippen LogP contribution is 2.41. The molecule has 16 heavy (non-hydrogen) atoms. The maximum absolute atomic E-state index is 3.54. The van der Waals surface area contributed by atoms with E-state index in [-0.39, 0.29) is 0 Å². The lowest BCUT2D eigenvalue weighted by Crippen LogP contribution is -2.47. The first kappa shape index (κ1) is 11.0. The molecule has 0 aromatic carbocycles. The zero-order chi connectivity index (χ0) is 11.2. The quantitative estimate of drug-likeness (QED) is 0.731. The van der Waals surface area contributed by atoms with Crippen LogP contribution in [0.25, 0.3) is 0 Å². The average Bonchev–Trinajstić information content (AvgIpc) is 2.76. The van der Waals surface area contributed by atoms with Crippen LogP contribution < -0.4 is 5.32 Å². The molecular formula is C14H26N2. The first-order valence-corrected chi connectivity index (χ1v) is 7.11. The van der Waals surface area contributed by atoms with Crippen molar-refractivity contribution < 1.29 is 0 Å².